The number of ether oxygens (including phenoxy) is 1. The SMILES string of the molecule is Cc1cccc(OCC(O)CN=C(N)N2CCN(c3ccc(F)cc3)CC2)c1.I. The lowest BCUT2D eigenvalue weighted by atomic mass is 10.2. The fraction of sp³-hybridized carbons (Fsp3) is 0.381. The monoisotopic (exact) mass is 514 g/mol. The summed E-state index contributed by atoms with van der Waals surface area (Å²) in [5, 5.41) is 10.1. The van der Waals surface area contributed by atoms with E-state index in [4.69, 9.17) is 10.5 Å². The van der Waals surface area contributed by atoms with Gasteiger partial charge in [-0.1, -0.05) is 12.1 Å². The summed E-state index contributed by atoms with van der Waals surface area (Å²) < 4.78 is 18.6. The Morgan fingerprint density at radius 2 is 1.86 bits per heavy atom. The Kier molecular flexibility index (Phi) is 8.97. The summed E-state index contributed by atoms with van der Waals surface area (Å²) >= 11 is 0. The molecule has 0 amide bonds. The molecule has 1 unspecified atom stereocenters. The van der Waals surface area contributed by atoms with Crippen molar-refractivity contribution in [3.63, 3.8) is 0 Å². The van der Waals surface area contributed by atoms with Crippen molar-refractivity contribution in [2.45, 2.75) is 13.0 Å². The molecule has 0 bridgehead atoms. The number of aryl methyl sites for hydroxylation is 1. The van der Waals surface area contributed by atoms with Crippen molar-refractivity contribution < 1.29 is 14.2 Å². The first kappa shape index (κ1) is 23.2. The molecule has 1 aliphatic rings. The van der Waals surface area contributed by atoms with Gasteiger partial charge in [0.25, 0.3) is 0 Å². The number of aliphatic imine (C=N–C) groups is 1. The summed E-state index contributed by atoms with van der Waals surface area (Å²) in [4.78, 5) is 8.49. The van der Waals surface area contributed by atoms with Crippen LogP contribution in [0.5, 0.6) is 5.75 Å². The maximum atomic E-state index is 13.1. The number of nitrogens with two attached hydrogens (primary N) is 1. The van der Waals surface area contributed by atoms with Crippen LogP contribution in [-0.2, 0) is 0 Å². The molecule has 158 valence electrons. The Morgan fingerprint density at radius 3 is 2.52 bits per heavy atom. The van der Waals surface area contributed by atoms with E-state index in [1.54, 1.807) is 12.1 Å². The average molecular weight is 514 g/mol. The Hall–Kier alpha value is -2.07. The smallest absolute Gasteiger partial charge is 0.191 e. The lowest BCUT2D eigenvalue weighted by Crippen LogP contribution is -2.51. The number of nitrogens with zero attached hydrogens (tertiary/aromatic N) is 3. The summed E-state index contributed by atoms with van der Waals surface area (Å²) in [5.41, 5.74) is 8.19. The van der Waals surface area contributed by atoms with E-state index in [2.05, 4.69) is 9.89 Å². The number of hydrogen-bond donors (Lipinski definition) is 2. The van der Waals surface area contributed by atoms with E-state index in [9.17, 15) is 9.50 Å². The van der Waals surface area contributed by atoms with Gasteiger partial charge in [-0.2, -0.15) is 0 Å². The highest BCUT2D eigenvalue weighted by Crippen LogP contribution is 2.17. The van der Waals surface area contributed by atoms with Crippen LogP contribution in [0.3, 0.4) is 0 Å². The minimum absolute atomic E-state index is 0. The molecule has 0 aromatic heterocycles. The van der Waals surface area contributed by atoms with Gasteiger partial charge in [0.2, 0.25) is 0 Å². The van der Waals surface area contributed by atoms with Crippen LogP contribution in [0, 0.1) is 12.7 Å². The van der Waals surface area contributed by atoms with Gasteiger partial charge in [0.15, 0.2) is 5.96 Å². The molecular formula is C21H28FIN4O2. The standard InChI is InChI=1S/C21H27FN4O2.HI/c1-16-3-2-4-20(13-16)28-15-19(27)14-24-21(23)26-11-9-25(10-12-26)18-7-5-17(22)6-8-18;/h2-8,13,19,27H,9-12,14-15H2,1H3,(H2,23,24);1H. The van der Waals surface area contributed by atoms with Crippen LogP contribution >= 0.6 is 24.0 Å². The number of piperazine rings is 1. The van der Waals surface area contributed by atoms with Crippen LogP contribution in [0.25, 0.3) is 0 Å². The van der Waals surface area contributed by atoms with Gasteiger partial charge in [-0.05, 0) is 48.9 Å². The normalized spacial score (nSPS) is 15.6. The van der Waals surface area contributed by atoms with E-state index in [0.29, 0.717) is 5.96 Å². The summed E-state index contributed by atoms with van der Waals surface area (Å²) in [5.74, 6) is 0.921. The lowest BCUT2D eigenvalue weighted by molar-refractivity contribution is 0.114. The minimum Gasteiger partial charge on any atom is -0.491 e. The van der Waals surface area contributed by atoms with Crippen LogP contribution in [0.1, 0.15) is 5.56 Å². The molecule has 0 radical (unpaired) electrons. The highest BCUT2D eigenvalue weighted by molar-refractivity contribution is 14.0. The zero-order valence-electron chi connectivity index (χ0n) is 16.5. The summed E-state index contributed by atoms with van der Waals surface area (Å²) in [6.45, 7) is 5.35. The molecule has 0 saturated carbocycles. The second-order valence-corrected chi connectivity index (χ2v) is 6.93. The Labute approximate surface area is 188 Å². The van der Waals surface area contributed by atoms with E-state index in [1.165, 1.54) is 12.1 Å². The Bertz CT molecular complexity index is 796. The molecule has 3 N–H and O–H groups in total. The highest BCUT2D eigenvalue weighted by Gasteiger charge is 2.19. The molecule has 8 heteroatoms. The minimum atomic E-state index is -0.723. The number of guanidine groups is 1. The van der Waals surface area contributed by atoms with Crippen molar-refractivity contribution in [3.05, 3.63) is 59.9 Å². The molecule has 1 fully saturated rings. The van der Waals surface area contributed by atoms with Crippen LogP contribution < -0.4 is 15.4 Å². The van der Waals surface area contributed by atoms with Crippen molar-refractivity contribution in [1.82, 2.24) is 4.90 Å². The predicted molar refractivity (Wildman–Crippen MR) is 125 cm³/mol. The third-order valence-corrected chi connectivity index (χ3v) is 4.69. The van der Waals surface area contributed by atoms with Crippen molar-refractivity contribution >= 4 is 35.6 Å². The summed E-state index contributed by atoms with van der Waals surface area (Å²) in [6.07, 6.45) is -0.723. The molecule has 0 spiro atoms. The number of benzene rings is 2. The van der Waals surface area contributed by atoms with Crippen molar-refractivity contribution in [2.24, 2.45) is 10.7 Å². The van der Waals surface area contributed by atoms with Gasteiger partial charge in [0.05, 0.1) is 6.54 Å². The van der Waals surface area contributed by atoms with Crippen molar-refractivity contribution in [2.75, 3.05) is 44.2 Å². The molecule has 29 heavy (non-hydrogen) atoms. The largest absolute Gasteiger partial charge is 0.491 e. The highest BCUT2D eigenvalue weighted by atomic mass is 127. The lowest BCUT2D eigenvalue weighted by Gasteiger charge is -2.36. The number of halogens is 2. The van der Waals surface area contributed by atoms with E-state index in [-0.39, 0.29) is 42.9 Å². The number of hydrogen-bond acceptors (Lipinski definition) is 4. The summed E-state index contributed by atoms with van der Waals surface area (Å²) in [7, 11) is 0. The third kappa shape index (κ3) is 7.04. The van der Waals surface area contributed by atoms with Gasteiger partial charge in [-0.3, -0.25) is 4.99 Å². The van der Waals surface area contributed by atoms with Crippen LogP contribution in [0.2, 0.25) is 0 Å². The fourth-order valence-corrected chi connectivity index (χ4v) is 3.09. The second-order valence-electron chi connectivity index (χ2n) is 6.93. The maximum Gasteiger partial charge on any atom is 0.191 e. The third-order valence-electron chi connectivity index (χ3n) is 4.69. The van der Waals surface area contributed by atoms with Crippen molar-refractivity contribution in [1.29, 1.82) is 0 Å². The predicted octanol–water partition coefficient (Wildman–Crippen LogP) is 2.63. The maximum absolute atomic E-state index is 13.1. The Balaban J connectivity index is 0.00000300. The summed E-state index contributed by atoms with van der Waals surface area (Å²) in [6, 6.07) is 14.2. The molecule has 1 saturated heterocycles. The first-order valence-corrected chi connectivity index (χ1v) is 9.44. The number of aliphatic hydroxyl groups is 1. The van der Waals surface area contributed by atoms with E-state index in [0.717, 1.165) is 43.2 Å². The fourth-order valence-electron chi connectivity index (χ4n) is 3.09. The quantitative estimate of drug-likeness (QED) is 0.353. The van der Waals surface area contributed by atoms with E-state index >= 15 is 0 Å². The number of rotatable bonds is 6. The molecule has 1 atom stereocenters. The number of anilines is 1. The number of aliphatic hydroxyl groups excluding tert-OH is 1. The van der Waals surface area contributed by atoms with Crippen LogP contribution in [-0.4, -0.2) is 61.4 Å². The molecule has 6 nitrogen and oxygen atoms in total. The van der Waals surface area contributed by atoms with Crippen LogP contribution in [0.15, 0.2) is 53.5 Å². The first-order chi connectivity index (χ1) is 13.5. The molecule has 1 aliphatic heterocycles. The molecule has 0 aliphatic carbocycles. The van der Waals surface area contributed by atoms with Crippen LogP contribution in [0.4, 0.5) is 10.1 Å². The Morgan fingerprint density at radius 1 is 1.17 bits per heavy atom. The molecule has 2 aromatic carbocycles. The molecule has 2 aromatic rings. The molecule has 1 heterocycles. The van der Waals surface area contributed by atoms with Gasteiger partial charge in [0.1, 0.15) is 24.3 Å². The zero-order chi connectivity index (χ0) is 19.9. The van der Waals surface area contributed by atoms with Gasteiger partial charge in [0, 0.05) is 31.9 Å². The first-order valence-electron chi connectivity index (χ1n) is 9.44. The van der Waals surface area contributed by atoms with Gasteiger partial charge >= 0.3 is 0 Å². The van der Waals surface area contributed by atoms with Gasteiger partial charge in [-0.25, -0.2) is 4.39 Å². The topological polar surface area (TPSA) is 74.3 Å². The van der Waals surface area contributed by atoms with Crippen molar-refractivity contribution in [3.8, 4) is 5.75 Å². The zero-order valence-corrected chi connectivity index (χ0v) is 18.8. The second kappa shape index (κ2) is 11.2. The van der Waals surface area contributed by atoms with E-state index < -0.39 is 6.10 Å². The van der Waals surface area contributed by atoms with Gasteiger partial charge < -0.3 is 25.4 Å². The van der Waals surface area contributed by atoms with Gasteiger partial charge in [-0.15, -0.1) is 24.0 Å². The average Bonchev–Trinajstić information content (AvgIpc) is 2.71. The molecular weight excluding hydrogens is 486 g/mol. The molecule has 3 rings (SSSR count). The van der Waals surface area contributed by atoms with E-state index in [1.807, 2.05) is 36.1 Å².